The van der Waals surface area contributed by atoms with Crippen molar-refractivity contribution in [2.45, 2.75) is 13.3 Å². The minimum Gasteiger partial charge on any atom is -0.430 e. The molecule has 2 aromatic rings. The first-order chi connectivity index (χ1) is 8.69. The van der Waals surface area contributed by atoms with Gasteiger partial charge in [0.15, 0.2) is 0 Å². The van der Waals surface area contributed by atoms with Crippen LogP contribution in [0.5, 0.6) is 10.9 Å². The lowest BCUT2D eigenvalue weighted by Crippen LogP contribution is -1.96. The minimum absolute atomic E-state index is 0.250. The fourth-order valence-corrected chi connectivity index (χ4v) is 1.95. The SMILES string of the molecule is COCCc1nsc(Oc2ccc(F)c(C)c2)n1. The molecule has 0 saturated carbocycles. The van der Waals surface area contributed by atoms with Gasteiger partial charge in [-0.3, -0.25) is 0 Å². The summed E-state index contributed by atoms with van der Waals surface area (Å²) in [6, 6.07) is 4.57. The molecule has 2 rings (SSSR count). The molecule has 18 heavy (non-hydrogen) atoms. The molecule has 1 heterocycles. The summed E-state index contributed by atoms with van der Waals surface area (Å²) in [5.41, 5.74) is 0.539. The van der Waals surface area contributed by atoms with Crippen LogP contribution in [0.2, 0.25) is 0 Å². The van der Waals surface area contributed by atoms with E-state index in [-0.39, 0.29) is 5.82 Å². The Morgan fingerprint density at radius 3 is 2.94 bits per heavy atom. The molecule has 0 atom stereocenters. The van der Waals surface area contributed by atoms with Gasteiger partial charge in [0.2, 0.25) is 0 Å². The maximum atomic E-state index is 13.1. The second kappa shape index (κ2) is 5.88. The van der Waals surface area contributed by atoms with Gasteiger partial charge in [0, 0.05) is 25.1 Å². The normalized spacial score (nSPS) is 10.6. The number of hydrogen-bond donors (Lipinski definition) is 0. The van der Waals surface area contributed by atoms with E-state index in [1.165, 1.54) is 17.6 Å². The third kappa shape index (κ3) is 3.24. The van der Waals surface area contributed by atoms with Crippen molar-refractivity contribution in [1.29, 1.82) is 0 Å². The van der Waals surface area contributed by atoms with Gasteiger partial charge >= 0.3 is 0 Å². The lowest BCUT2D eigenvalue weighted by atomic mass is 10.2. The third-order valence-electron chi connectivity index (χ3n) is 2.31. The zero-order valence-corrected chi connectivity index (χ0v) is 11.0. The van der Waals surface area contributed by atoms with Crippen molar-refractivity contribution in [3.8, 4) is 10.9 Å². The fraction of sp³-hybridized carbons (Fsp3) is 0.333. The Morgan fingerprint density at radius 2 is 2.22 bits per heavy atom. The summed E-state index contributed by atoms with van der Waals surface area (Å²) in [7, 11) is 1.63. The van der Waals surface area contributed by atoms with Gasteiger partial charge in [-0.15, -0.1) is 0 Å². The van der Waals surface area contributed by atoms with E-state index in [2.05, 4.69) is 9.36 Å². The van der Waals surface area contributed by atoms with Gasteiger partial charge in [-0.25, -0.2) is 4.39 Å². The molecule has 0 bridgehead atoms. The lowest BCUT2D eigenvalue weighted by molar-refractivity contribution is 0.200. The first-order valence-corrected chi connectivity index (χ1v) is 6.22. The highest BCUT2D eigenvalue weighted by atomic mass is 32.1. The van der Waals surface area contributed by atoms with Gasteiger partial charge in [-0.05, 0) is 30.7 Å². The van der Waals surface area contributed by atoms with Crippen LogP contribution in [0, 0.1) is 12.7 Å². The molecule has 0 radical (unpaired) electrons. The Balaban J connectivity index is 2.04. The first kappa shape index (κ1) is 12.9. The Morgan fingerprint density at radius 1 is 1.39 bits per heavy atom. The molecule has 0 unspecified atom stereocenters. The molecule has 0 N–H and O–H groups in total. The largest absolute Gasteiger partial charge is 0.430 e. The average molecular weight is 268 g/mol. The fourth-order valence-electron chi connectivity index (χ4n) is 1.36. The molecular formula is C12H13FN2O2S. The predicted octanol–water partition coefficient (Wildman–Crippen LogP) is 2.97. The van der Waals surface area contributed by atoms with Gasteiger partial charge in [-0.2, -0.15) is 9.36 Å². The molecule has 96 valence electrons. The van der Waals surface area contributed by atoms with Crippen molar-refractivity contribution in [3.63, 3.8) is 0 Å². The highest BCUT2D eigenvalue weighted by Crippen LogP contribution is 2.24. The van der Waals surface area contributed by atoms with E-state index in [4.69, 9.17) is 9.47 Å². The number of ether oxygens (including phenoxy) is 2. The molecule has 0 aliphatic heterocycles. The van der Waals surface area contributed by atoms with Crippen molar-refractivity contribution in [3.05, 3.63) is 35.4 Å². The van der Waals surface area contributed by atoms with Gasteiger partial charge in [0.25, 0.3) is 5.19 Å². The molecule has 1 aromatic heterocycles. The Kier molecular flexibility index (Phi) is 4.22. The van der Waals surface area contributed by atoms with E-state index in [9.17, 15) is 4.39 Å². The van der Waals surface area contributed by atoms with Crippen LogP contribution in [0.25, 0.3) is 0 Å². The van der Waals surface area contributed by atoms with Crippen molar-refractivity contribution in [1.82, 2.24) is 9.36 Å². The first-order valence-electron chi connectivity index (χ1n) is 5.44. The number of rotatable bonds is 5. The van der Waals surface area contributed by atoms with E-state index in [0.29, 0.717) is 35.4 Å². The summed E-state index contributed by atoms with van der Waals surface area (Å²) in [6.07, 6.45) is 0.652. The van der Waals surface area contributed by atoms with E-state index >= 15 is 0 Å². The summed E-state index contributed by atoms with van der Waals surface area (Å²) in [4.78, 5) is 4.21. The number of aryl methyl sites for hydroxylation is 1. The van der Waals surface area contributed by atoms with Crippen LogP contribution in [-0.4, -0.2) is 23.1 Å². The van der Waals surface area contributed by atoms with E-state index in [0.717, 1.165) is 0 Å². The molecular weight excluding hydrogens is 255 g/mol. The van der Waals surface area contributed by atoms with Crippen LogP contribution >= 0.6 is 11.5 Å². The molecule has 4 nitrogen and oxygen atoms in total. The van der Waals surface area contributed by atoms with Gasteiger partial charge < -0.3 is 9.47 Å². The molecule has 0 aliphatic carbocycles. The molecule has 0 saturated heterocycles. The molecule has 6 heteroatoms. The molecule has 0 fully saturated rings. The number of aromatic nitrogens is 2. The van der Waals surface area contributed by atoms with Gasteiger partial charge in [-0.1, -0.05) is 0 Å². The van der Waals surface area contributed by atoms with Crippen LogP contribution in [0.4, 0.5) is 4.39 Å². The maximum absolute atomic E-state index is 13.1. The quantitative estimate of drug-likeness (QED) is 0.836. The molecule has 1 aromatic carbocycles. The average Bonchev–Trinajstić information content (AvgIpc) is 2.79. The number of nitrogens with zero attached hydrogens (tertiary/aromatic N) is 2. The molecule has 0 amide bonds. The van der Waals surface area contributed by atoms with Gasteiger partial charge in [0.05, 0.1) is 6.61 Å². The Labute approximate surface area is 109 Å². The monoisotopic (exact) mass is 268 g/mol. The van der Waals surface area contributed by atoms with Crippen molar-refractivity contribution < 1.29 is 13.9 Å². The predicted molar refractivity (Wildman–Crippen MR) is 66.7 cm³/mol. The van der Waals surface area contributed by atoms with Crippen LogP contribution < -0.4 is 4.74 Å². The summed E-state index contributed by atoms with van der Waals surface area (Å²) >= 11 is 1.17. The topological polar surface area (TPSA) is 44.2 Å². The van der Waals surface area contributed by atoms with E-state index in [1.54, 1.807) is 26.2 Å². The summed E-state index contributed by atoms with van der Waals surface area (Å²) in [5.74, 6) is 0.999. The summed E-state index contributed by atoms with van der Waals surface area (Å²) < 4.78 is 27.7. The Bertz CT molecular complexity index is 531. The van der Waals surface area contributed by atoms with Crippen LogP contribution in [0.15, 0.2) is 18.2 Å². The van der Waals surface area contributed by atoms with Crippen LogP contribution in [-0.2, 0) is 11.2 Å². The second-order valence-corrected chi connectivity index (χ2v) is 4.45. The number of methoxy groups -OCH3 is 1. The van der Waals surface area contributed by atoms with Crippen molar-refractivity contribution >= 4 is 11.5 Å². The number of hydrogen-bond acceptors (Lipinski definition) is 5. The lowest BCUT2D eigenvalue weighted by Gasteiger charge is -2.02. The van der Waals surface area contributed by atoms with E-state index in [1.807, 2.05) is 0 Å². The smallest absolute Gasteiger partial charge is 0.298 e. The standard InChI is InChI=1S/C12H13FN2O2S/c1-8-7-9(3-4-10(8)13)17-12-14-11(15-18-12)5-6-16-2/h3-4,7H,5-6H2,1-2H3. The minimum atomic E-state index is -0.250. The van der Waals surface area contributed by atoms with E-state index < -0.39 is 0 Å². The van der Waals surface area contributed by atoms with Crippen molar-refractivity contribution in [2.24, 2.45) is 0 Å². The highest BCUT2D eigenvalue weighted by Gasteiger charge is 2.07. The Hall–Kier alpha value is -1.53. The van der Waals surface area contributed by atoms with Crippen LogP contribution in [0.1, 0.15) is 11.4 Å². The zero-order chi connectivity index (χ0) is 13.0. The maximum Gasteiger partial charge on any atom is 0.298 e. The molecule has 0 spiro atoms. The number of halogens is 1. The summed E-state index contributed by atoms with van der Waals surface area (Å²) in [6.45, 7) is 2.26. The molecule has 0 aliphatic rings. The van der Waals surface area contributed by atoms with Crippen LogP contribution in [0.3, 0.4) is 0 Å². The number of benzene rings is 1. The zero-order valence-electron chi connectivity index (χ0n) is 10.1. The third-order valence-corrected chi connectivity index (χ3v) is 2.95. The highest BCUT2D eigenvalue weighted by molar-refractivity contribution is 7.07. The van der Waals surface area contributed by atoms with Crippen molar-refractivity contribution in [2.75, 3.05) is 13.7 Å². The second-order valence-electron chi connectivity index (χ2n) is 3.73. The summed E-state index contributed by atoms with van der Waals surface area (Å²) in [5, 5.41) is 0.451. The van der Waals surface area contributed by atoms with Gasteiger partial charge in [0.1, 0.15) is 17.4 Å².